The van der Waals surface area contributed by atoms with Crippen LogP contribution in [0.2, 0.25) is 0 Å². The second-order valence-electron chi connectivity index (χ2n) is 5.59. The van der Waals surface area contributed by atoms with E-state index in [4.69, 9.17) is 5.11 Å². The van der Waals surface area contributed by atoms with Crippen LogP contribution in [0.4, 0.5) is 0 Å². The summed E-state index contributed by atoms with van der Waals surface area (Å²) in [6.45, 7) is 3.98. The first-order chi connectivity index (χ1) is 8.51. The average Bonchev–Trinajstić information content (AvgIpc) is 2.73. The van der Waals surface area contributed by atoms with Crippen molar-refractivity contribution in [3.8, 4) is 0 Å². The molecule has 98 valence electrons. The van der Waals surface area contributed by atoms with Gasteiger partial charge in [0.15, 0.2) is 0 Å². The standard InChI is InChI=1S/C15H21NO2/c1-11(14(17)18)16-13-8-9-15(2,10-13)12-6-4-3-5-7-12/h3-7,11,13,16H,8-10H2,1-2H3,(H,17,18)/t11-,13?,15?/m1/s1. The molecule has 1 aliphatic carbocycles. The fourth-order valence-corrected chi connectivity index (χ4v) is 2.91. The zero-order chi connectivity index (χ0) is 13.2. The lowest BCUT2D eigenvalue weighted by molar-refractivity contribution is -0.139. The van der Waals surface area contributed by atoms with Crippen LogP contribution >= 0.6 is 0 Å². The lowest BCUT2D eigenvalue weighted by atomic mass is 9.81. The molecule has 2 unspecified atom stereocenters. The first kappa shape index (κ1) is 13.1. The van der Waals surface area contributed by atoms with Crippen molar-refractivity contribution in [2.45, 2.75) is 50.6 Å². The van der Waals surface area contributed by atoms with E-state index in [0.717, 1.165) is 19.3 Å². The van der Waals surface area contributed by atoms with E-state index in [9.17, 15) is 4.79 Å². The summed E-state index contributed by atoms with van der Waals surface area (Å²) >= 11 is 0. The highest BCUT2D eigenvalue weighted by atomic mass is 16.4. The predicted molar refractivity (Wildman–Crippen MR) is 71.7 cm³/mol. The molecule has 2 N–H and O–H groups in total. The maximum Gasteiger partial charge on any atom is 0.320 e. The molecule has 1 aliphatic rings. The Morgan fingerprint density at radius 3 is 2.72 bits per heavy atom. The monoisotopic (exact) mass is 247 g/mol. The molecule has 18 heavy (non-hydrogen) atoms. The largest absolute Gasteiger partial charge is 0.480 e. The van der Waals surface area contributed by atoms with Crippen molar-refractivity contribution in [3.63, 3.8) is 0 Å². The fraction of sp³-hybridized carbons (Fsp3) is 0.533. The van der Waals surface area contributed by atoms with Gasteiger partial charge in [-0.2, -0.15) is 0 Å². The smallest absolute Gasteiger partial charge is 0.320 e. The minimum atomic E-state index is -0.775. The second kappa shape index (κ2) is 5.11. The van der Waals surface area contributed by atoms with Crippen molar-refractivity contribution in [3.05, 3.63) is 35.9 Å². The first-order valence-corrected chi connectivity index (χ1v) is 6.56. The number of carboxylic acid groups (broad SMARTS) is 1. The second-order valence-corrected chi connectivity index (χ2v) is 5.59. The van der Waals surface area contributed by atoms with E-state index in [0.29, 0.717) is 6.04 Å². The van der Waals surface area contributed by atoms with Crippen LogP contribution in [-0.4, -0.2) is 23.2 Å². The van der Waals surface area contributed by atoms with Gasteiger partial charge in [0.25, 0.3) is 0 Å². The minimum absolute atomic E-state index is 0.178. The van der Waals surface area contributed by atoms with E-state index in [2.05, 4.69) is 36.5 Å². The Hall–Kier alpha value is -1.35. The van der Waals surface area contributed by atoms with E-state index < -0.39 is 12.0 Å². The number of hydrogen-bond acceptors (Lipinski definition) is 2. The molecule has 0 radical (unpaired) electrons. The van der Waals surface area contributed by atoms with E-state index in [1.807, 2.05) is 6.07 Å². The molecule has 0 bridgehead atoms. The molecule has 1 aromatic carbocycles. The number of hydrogen-bond donors (Lipinski definition) is 2. The maximum absolute atomic E-state index is 10.9. The van der Waals surface area contributed by atoms with Gasteiger partial charge in [-0.15, -0.1) is 0 Å². The highest BCUT2D eigenvalue weighted by Gasteiger charge is 2.37. The zero-order valence-electron chi connectivity index (χ0n) is 11.0. The number of carbonyl (C=O) groups is 1. The summed E-state index contributed by atoms with van der Waals surface area (Å²) in [5, 5.41) is 12.1. The topological polar surface area (TPSA) is 49.3 Å². The summed E-state index contributed by atoms with van der Waals surface area (Å²) in [5.74, 6) is -0.775. The third-order valence-corrected chi connectivity index (χ3v) is 4.07. The molecule has 3 atom stereocenters. The molecule has 1 saturated carbocycles. The van der Waals surface area contributed by atoms with E-state index in [-0.39, 0.29) is 5.41 Å². The van der Waals surface area contributed by atoms with Crippen molar-refractivity contribution in [1.82, 2.24) is 5.32 Å². The van der Waals surface area contributed by atoms with Crippen molar-refractivity contribution in [2.24, 2.45) is 0 Å². The molecule has 0 spiro atoms. The zero-order valence-corrected chi connectivity index (χ0v) is 11.0. The van der Waals surface area contributed by atoms with Gasteiger partial charge in [-0.1, -0.05) is 37.3 Å². The van der Waals surface area contributed by atoms with Crippen LogP contribution < -0.4 is 5.32 Å². The Labute approximate surface area is 108 Å². The van der Waals surface area contributed by atoms with Gasteiger partial charge in [-0.25, -0.2) is 0 Å². The Morgan fingerprint density at radius 2 is 2.11 bits per heavy atom. The van der Waals surface area contributed by atoms with Gasteiger partial charge in [0.2, 0.25) is 0 Å². The normalized spacial score (nSPS) is 29.1. The molecule has 1 fully saturated rings. The van der Waals surface area contributed by atoms with Gasteiger partial charge >= 0.3 is 5.97 Å². The summed E-state index contributed by atoms with van der Waals surface area (Å²) in [6, 6.07) is 10.4. The highest BCUT2D eigenvalue weighted by Crippen LogP contribution is 2.40. The fourth-order valence-electron chi connectivity index (χ4n) is 2.91. The van der Waals surface area contributed by atoms with E-state index in [1.165, 1.54) is 5.56 Å². The summed E-state index contributed by atoms with van der Waals surface area (Å²) in [6.07, 6.45) is 3.17. The third-order valence-electron chi connectivity index (χ3n) is 4.07. The molecular formula is C15H21NO2. The molecule has 0 amide bonds. The van der Waals surface area contributed by atoms with Gasteiger partial charge in [0.05, 0.1) is 0 Å². The third kappa shape index (κ3) is 2.72. The van der Waals surface area contributed by atoms with Crippen LogP contribution in [0.1, 0.15) is 38.7 Å². The van der Waals surface area contributed by atoms with Crippen molar-refractivity contribution in [2.75, 3.05) is 0 Å². The van der Waals surface area contributed by atoms with Crippen LogP contribution in [0.3, 0.4) is 0 Å². The number of carboxylic acids is 1. The van der Waals surface area contributed by atoms with Crippen LogP contribution in [0.25, 0.3) is 0 Å². The summed E-state index contributed by atoms with van der Waals surface area (Å²) in [7, 11) is 0. The Balaban J connectivity index is 2.01. The van der Waals surface area contributed by atoms with E-state index >= 15 is 0 Å². The lowest BCUT2D eigenvalue weighted by Crippen LogP contribution is -2.40. The Morgan fingerprint density at radius 1 is 1.44 bits per heavy atom. The number of nitrogens with one attached hydrogen (secondary N) is 1. The van der Waals surface area contributed by atoms with Crippen LogP contribution in [0, 0.1) is 0 Å². The lowest BCUT2D eigenvalue weighted by Gasteiger charge is -2.25. The van der Waals surface area contributed by atoms with Gasteiger partial charge in [0, 0.05) is 6.04 Å². The summed E-state index contributed by atoms with van der Waals surface area (Å²) < 4.78 is 0. The van der Waals surface area contributed by atoms with Gasteiger partial charge < -0.3 is 10.4 Å². The van der Waals surface area contributed by atoms with Crippen molar-refractivity contribution < 1.29 is 9.90 Å². The molecule has 0 saturated heterocycles. The van der Waals surface area contributed by atoms with Gasteiger partial charge in [0.1, 0.15) is 6.04 Å². The minimum Gasteiger partial charge on any atom is -0.480 e. The Bertz CT molecular complexity index is 418. The molecule has 3 nitrogen and oxygen atoms in total. The molecule has 0 aliphatic heterocycles. The molecular weight excluding hydrogens is 226 g/mol. The van der Waals surface area contributed by atoms with Gasteiger partial charge in [-0.05, 0) is 37.2 Å². The van der Waals surface area contributed by atoms with Crippen LogP contribution in [0.5, 0.6) is 0 Å². The molecule has 0 aromatic heterocycles. The molecule has 2 rings (SSSR count). The average molecular weight is 247 g/mol. The van der Waals surface area contributed by atoms with Crippen LogP contribution in [0.15, 0.2) is 30.3 Å². The van der Waals surface area contributed by atoms with E-state index in [1.54, 1.807) is 6.92 Å². The van der Waals surface area contributed by atoms with Crippen LogP contribution in [-0.2, 0) is 10.2 Å². The highest BCUT2D eigenvalue weighted by molar-refractivity contribution is 5.72. The summed E-state index contributed by atoms with van der Waals surface area (Å²) in [4.78, 5) is 10.9. The van der Waals surface area contributed by atoms with Crippen molar-refractivity contribution >= 4 is 5.97 Å². The number of rotatable bonds is 4. The van der Waals surface area contributed by atoms with Gasteiger partial charge in [-0.3, -0.25) is 4.79 Å². The summed E-state index contributed by atoms with van der Waals surface area (Å²) in [5.41, 5.74) is 1.54. The SMILES string of the molecule is C[C@@H](NC1CCC(C)(c2ccccc2)C1)C(=O)O. The number of benzene rings is 1. The maximum atomic E-state index is 10.9. The Kier molecular flexibility index (Phi) is 3.71. The molecule has 3 heteroatoms. The molecule has 0 heterocycles. The predicted octanol–water partition coefficient (Wildman–Crippen LogP) is 2.56. The molecule has 1 aromatic rings. The van der Waals surface area contributed by atoms with Crippen molar-refractivity contribution in [1.29, 1.82) is 0 Å². The number of aliphatic carboxylic acids is 1. The first-order valence-electron chi connectivity index (χ1n) is 6.56. The quantitative estimate of drug-likeness (QED) is 0.859.